The van der Waals surface area contributed by atoms with Gasteiger partial charge in [0.15, 0.2) is 5.71 Å². The summed E-state index contributed by atoms with van der Waals surface area (Å²) in [5.41, 5.74) is 13.0. The highest BCUT2D eigenvalue weighted by Gasteiger charge is 2.09. The van der Waals surface area contributed by atoms with Gasteiger partial charge in [-0.2, -0.15) is 5.10 Å². The Morgan fingerprint density at radius 1 is 1.27 bits per heavy atom. The summed E-state index contributed by atoms with van der Waals surface area (Å²) in [5.74, 6) is -1.31. The van der Waals surface area contributed by atoms with Gasteiger partial charge in [-0.05, 0) is 12.1 Å². The van der Waals surface area contributed by atoms with E-state index in [2.05, 4.69) is 10.5 Å². The van der Waals surface area contributed by atoms with Gasteiger partial charge in [-0.15, -0.1) is 0 Å². The molecule has 0 heterocycles. The van der Waals surface area contributed by atoms with Gasteiger partial charge in [-0.25, -0.2) is 0 Å². The third-order valence-corrected chi connectivity index (χ3v) is 1.56. The van der Waals surface area contributed by atoms with Crippen LogP contribution in [0, 0.1) is 5.41 Å². The Bertz CT molecular complexity index is 382. The van der Waals surface area contributed by atoms with E-state index in [9.17, 15) is 4.79 Å². The molecule has 15 heavy (non-hydrogen) atoms. The number of nitrogens with one attached hydrogen (secondary N) is 2. The van der Waals surface area contributed by atoms with E-state index < -0.39 is 11.7 Å². The van der Waals surface area contributed by atoms with Gasteiger partial charge in [0.25, 0.3) is 5.91 Å². The largest absolute Gasteiger partial charge is 0.382 e. The van der Waals surface area contributed by atoms with Crippen molar-refractivity contribution in [2.24, 2.45) is 16.6 Å². The Kier molecular flexibility index (Phi) is 3.39. The van der Waals surface area contributed by atoms with Crippen molar-refractivity contribution < 1.29 is 4.79 Å². The second-order valence-corrected chi connectivity index (χ2v) is 2.72. The van der Waals surface area contributed by atoms with Crippen molar-refractivity contribution in [3.05, 3.63) is 30.3 Å². The van der Waals surface area contributed by atoms with Crippen LogP contribution in [0.1, 0.15) is 0 Å². The molecule has 1 amide bonds. The van der Waals surface area contributed by atoms with Crippen molar-refractivity contribution >= 4 is 23.1 Å². The molecule has 0 aromatic heterocycles. The van der Waals surface area contributed by atoms with Crippen LogP contribution in [0.5, 0.6) is 0 Å². The molecular weight excluding hydrogens is 194 g/mol. The summed E-state index contributed by atoms with van der Waals surface area (Å²) in [5, 5.41) is 10.7. The van der Waals surface area contributed by atoms with Crippen molar-refractivity contribution in [2.45, 2.75) is 0 Å². The number of amidine groups is 1. The maximum atomic E-state index is 10.8. The molecule has 0 aliphatic heterocycles. The normalized spacial score (nSPS) is 10.8. The molecule has 0 fully saturated rings. The molecule has 1 aromatic rings. The van der Waals surface area contributed by atoms with Crippen molar-refractivity contribution in [1.29, 1.82) is 5.41 Å². The van der Waals surface area contributed by atoms with E-state index in [0.717, 1.165) is 0 Å². The summed E-state index contributed by atoms with van der Waals surface area (Å²) < 4.78 is 0. The third-order valence-electron chi connectivity index (χ3n) is 1.56. The number of carbonyl (C=O) groups is 1. The van der Waals surface area contributed by atoms with Gasteiger partial charge in [0.1, 0.15) is 5.84 Å². The molecule has 1 rings (SSSR count). The minimum absolute atomic E-state index is 0.293. The molecule has 0 aliphatic rings. The number of rotatable bonds is 4. The Morgan fingerprint density at radius 2 is 1.87 bits per heavy atom. The first-order chi connectivity index (χ1) is 7.11. The number of amides is 1. The van der Waals surface area contributed by atoms with E-state index in [1.807, 2.05) is 6.07 Å². The van der Waals surface area contributed by atoms with Crippen LogP contribution in [0.25, 0.3) is 0 Å². The highest BCUT2D eigenvalue weighted by Crippen LogP contribution is 2.04. The maximum absolute atomic E-state index is 10.8. The predicted octanol–water partition coefficient (Wildman–Crippen LogP) is -0.124. The van der Waals surface area contributed by atoms with Gasteiger partial charge < -0.3 is 11.5 Å². The topological polar surface area (TPSA) is 117 Å². The number of primary amides is 1. The Hall–Kier alpha value is -2.37. The zero-order chi connectivity index (χ0) is 11.3. The van der Waals surface area contributed by atoms with E-state index in [1.54, 1.807) is 24.3 Å². The average molecular weight is 205 g/mol. The molecular formula is C9H11N5O. The predicted molar refractivity (Wildman–Crippen MR) is 58.6 cm³/mol. The van der Waals surface area contributed by atoms with Crippen molar-refractivity contribution in [3.8, 4) is 0 Å². The number of para-hydroxylation sites is 1. The Balaban J connectivity index is 2.79. The number of anilines is 1. The monoisotopic (exact) mass is 205 g/mol. The van der Waals surface area contributed by atoms with Crippen molar-refractivity contribution in [1.82, 2.24) is 0 Å². The summed E-state index contributed by atoms with van der Waals surface area (Å²) in [4.78, 5) is 10.8. The van der Waals surface area contributed by atoms with Crippen LogP contribution in [0.3, 0.4) is 0 Å². The average Bonchev–Trinajstić information content (AvgIpc) is 2.18. The molecule has 0 saturated heterocycles. The molecule has 6 N–H and O–H groups in total. The fourth-order valence-corrected chi connectivity index (χ4v) is 0.881. The second-order valence-electron chi connectivity index (χ2n) is 2.72. The molecule has 0 saturated carbocycles. The molecule has 0 aliphatic carbocycles. The molecule has 6 nitrogen and oxygen atoms in total. The highest BCUT2D eigenvalue weighted by molar-refractivity contribution is 6.65. The lowest BCUT2D eigenvalue weighted by molar-refractivity contribution is -0.111. The van der Waals surface area contributed by atoms with E-state index in [0.29, 0.717) is 5.69 Å². The zero-order valence-electron chi connectivity index (χ0n) is 7.90. The summed E-state index contributed by atoms with van der Waals surface area (Å²) in [6.45, 7) is 0. The molecule has 0 bridgehead atoms. The molecule has 0 atom stereocenters. The standard InChI is InChI=1S/C9H11N5O/c10-8(11)7(9(12)15)14-13-6-4-2-1-3-5-6/h1-5,13H,(H3,10,11)(H2,12,15). The van der Waals surface area contributed by atoms with Gasteiger partial charge in [-0.1, -0.05) is 18.2 Å². The number of nitrogens with two attached hydrogens (primary N) is 2. The second kappa shape index (κ2) is 4.75. The van der Waals surface area contributed by atoms with Crippen molar-refractivity contribution in [3.63, 3.8) is 0 Å². The van der Waals surface area contributed by atoms with Gasteiger partial charge in [0.2, 0.25) is 0 Å². The molecule has 0 unspecified atom stereocenters. The summed E-state index contributed by atoms with van der Waals surface area (Å²) >= 11 is 0. The van der Waals surface area contributed by atoms with Crippen LogP contribution in [-0.2, 0) is 4.79 Å². The van der Waals surface area contributed by atoms with Crippen LogP contribution in [0.15, 0.2) is 35.4 Å². The lowest BCUT2D eigenvalue weighted by Gasteiger charge is -2.02. The number of benzene rings is 1. The maximum Gasteiger partial charge on any atom is 0.272 e. The Labute approximate surface area is 86.5 Å². The van der Waals surface area contributed by atoms with E-state index in [-0.39, 0.29) is 5.71 Å². The van der Waals surface area contributed by atoms with Crippen LogP contribution in [0.2, 0.25) is 0 Å². The van der Waals surface area contributed by atoms with Gasteiger partial charge in [-0.3, -0.25) is 15.6 Å². The summed E-state index contributed by atoms with van der Waals surface area (Å²) in [6.07, 6.45) is 0. The fourth-order valence-electron chi connectivity index (χ4n) is 0.881. The number of nitrogens with zero attached hydrogens (tertiary/aromatic N) is 1. The molecule has 0 radical (unpaired) electrons. The van der Waals surface area contributed by atoms with E-state index in [4.69, 9.17) is 16.9 Å². The minimum atomic E-state index is -0.842. The first kappa shape index (κ1) is 10.7. The van der Waals surface area contributed by atoms with E-state index in [1.165, 1.54) is 0 Å². The van der Waals surface area contributed by atoms with Gasteiger partial charge in [0.05, 0.1) is 5.69 Å². The van der Waals surface area contributed by atoms with Crippen LogP contribution in [0.4, 0.5) is 5.69 Å². The molecule has 1 aromatic carbocycles. The summed E-state index contributed by atoms with van der Waals surface area (Å²) in [6, 6.07) is 8.95. The quantitative estimate of drug-likeness (QED) is 0.311. The van der Waals surface area contributed by atoms with Crippen LogP contribution >= 0.6 is 0 Å². The number of hydrogen-bond acceptors (Lipinski definition) is 4. The smallest absolute Gasteiger partial charge is 0.272 e. The summed E-state index contributed by atoms with van der Waals surface area (Å²) in [7, 11) is 0. The molecule has 78 valence electrons. The van der Waals surface area contributed by atoms with Gasteiger partial charge >= 0.3 is 0 Å². The van der Waals surface area contributed by atoms with Crippen LogP contribution < -0.4 is 16.9 Å². The Morgan fingerprint density at radius 3 is 2.33 bits per heavy atom. The molecule has 6 heteroatoms. The van der Waals surface area contributed by atoms with Crippen molar-refractivity contribution in [2.75, 3.05) is 5.43 Å². The fraction of sp³-hybridized carbons (Fsp3) is 0. The number of hydrazone groups is 1. The third kappa shape index (κ3) is 3.11. The lowest BCUT2D eigenvalue weighted by atomic mass is 10.3. The highest BCUT2D eigenvalue weighted by atomic mass is 16.1. The van der Waals surface area contributed by atoms with Gasteiger partial charge in [0, 0.05) is 0 Å². The first-order valence-electron chi connectivity index (χ1n) is 4.14. The number of carbonyl (C=O) groups excluding carboxylic acids is 1. The first-order valence-corrected chi connectivity index (χ1v) is 4.14. The van der Waals surface area contributed by atoms with E-state index >= 15 is 0 Å². The SMILES string of the molecule is N=C(N)C(=NNc1ccccc1)C(N)=O. The number of hydrogen-bond donors (Lipinski definition) is 4. The minimum Gasteiger partial charge on any atom is -0.382 e. The molecule has 0 spiro atoms. The van der Waals surface area contributed by atoms with Crippen LogP contribution in [-0.4, -0.2) is 17.5 Å². The zero-order valence-corrected chi connectivity index (χ0v) is 7.90. The lowest BCUT2D eigenvalue weighted by Crippen LogP contribution is -2.35.